The average molecular weight is 181 g/mol. The Morgan fingerprint density at radius 2 is 2.00 bits per heavy atom. The number of hydrogen-bond acceptors (Lipinski definition) is 1. The minimum absolute atomic E-state index is 0.493. The van der Waals surface area contributed by atoms with Crippen molar-refractivity contribution in [3.63, 3.8) is 0 Å². The van der Waals surface area contributed by atoms with Crippen molar-refractivity contribution in [3.05, 3.63) is 37.0 Å². The molecule has 1 nitrogen and oxygen atoms in total. The largest absolute Gasteiger partial charge is 0.333 e. The second-order valence-electron chi connectivity index (χ2n) is 2.81. The van der Waals surface area contributed by atoms with Gasteiger partial charge in [0.2, 0.25) is 0 Å². The van der Waals surface area contributed by atoms with E-state index in [1.807, 2.05) is 6.08 Å². The van der Waals surface area contributed by atoms with Gasteiger partial charge >= 0.3 is 0 Å². The third kappa shape index (κ3) is 9.09. The zero-order valence-electron chi connectivity index (χ0n) is 9.22. The monoisotopic (exact) mass is 181 g/mol. The molecule has 0 saturated carbocycles. The maximum atomic E-state index is 4.50. The first-order valence-electron chi connectivity index (χ1n) is 4.73. The van der Waals surface area contributed by atoms with Crippen molar-refractivity contribution in [3.8, 4) is 0 Å². The zero-order valence-corrected chi connectivity index (χ0v) is 9.22. The molecule has 0 spiro atoms. The summed E-state index contributed by atoms with van der Waals surface area (Å²) in [6.07, 6.45) is 8.44. The Bertz CT molecular complexity index is 157. The van der Waals surface area contributed by atoms with Crippen LogP contribution in [0.2, 0.25) is 0 Å². The summed E-state index contributed by atoms with van der Waals surface area (Å²) in [5.41, 5.74) is 5.72. The molecule has 0 aromatic carbocycles. The van der Waals surface area contributed by atoms with Gasteiger partial charge in [-0.05, 0) is 26.8 Å². The van der Waals surface area contributed by atoms with Crippen LogP contribution in [0.5, 0.6) is 0 Å². The lowest BCUT2D eigenvalue weighted by Crippen LogP contribution is -1.94. The van der Waals surface area contributed by atoms with E-state index in [0.29, 0.717) is 5.92 Å². The molecular formula is C12H23N. The molecule has 0 aromatic rings. The van der Waals surface area contributed by atoms with Gasteiger partial charge in [-0.15, -0.1) is 6.58 Å². The average Bonchev–Trinajstić information content (AvgIpc) is 2.15. The van der Waals surface area contributed by atoms with Crippen LogP contribution in [0.4, 0.5) is 0 Å². The number of nitrogens with two attached hydrogens (primary N) is 1. The van der Waals surface area contributed by atoms with E-state index in [2.05, 4.69) is 44.9 Å². The highest BCUT2D eigenvalue weighted by Crippen LogP contribution is 2.14. The molecule has 0 aromatic heterocycles. The van der Waals surface area contributed by atoms with E-state index in [0.717, 1.165) is 12.8 Å². The van der Waals surface area contributed by atoms with Crippen LogP contribution in [0, 0.1) is 5.92 Å². The smallest absolute Gasteiger partial charge is 0.000568 e. The Morgan fingerprint density at radius 1 is 1.46 bits per heavy atom. The van der Waals surface area contributed by atoms with E-state index in [-0.39, 0.29) is 0 Å². The van der Waals surface area contributed by atoms with Crippen molar-refractivity contribution < 1.29 is 0 Å². The van der Waals surface area contributed by atoms with Gasteiger partial charge < -0.3 is 5.73 Å². The highest BCUT2D eigenvalue weighted by molar-refractivity contribution is 5.08. The molecule has 2 N–H and O–H groups in total. The summed E-state index contributed by atoms with van der Waals surface area (Å²) in [7, 11) is 1.50. The molecule has 13 heavy (non-hydrogen) atoms. The van der Waals surface area contributed by atoms with Gasteiger partial charge in [-0.2, -0.15) is 0 Å². The summed E-state index contributed by atoms with van der Waals surface area (Å²) in [4.78, 5) is 0. The number of hydrogen-bond donors (Lipinski definition) is 1. The van der Waals surface area contributed by atoms with Crippen LogP contribution in [0.25, 0.3) is 0 Å². The standard InChI is InChI=1S/C11H18.CH5N/c1-5-7-9-11(8-6-2)10(3)4;1-2/h6-7,9,11H,2-3,5,8H2,1,4H3;2H2,1H3/b9-7+;. The highest BCUT2D eigenvalue weighted by Gasteiger charge is 2.00. The predicted octanol–water partition coefficient (Wildman–Crippen LogP) is 3.30. The molecule has 76 valence electrons. The summed E-state index contributed by atoms with van der Waals surface area (Å²) in [6, 6.07) is 0. The van der Waals surface area contributed by atoms with Crippen molar-refractivity contribution in [2.45, 2.75) is 26.7 Å². The van der Waals surface area contributed by atoms with Gasteiger partial charge in [0.1, 0.15) is 0 Å². The Morgan fingerprint density at radius 3 is 2.31 bits per heavy atom. The van der Waals surface area contributed by atoms with E-state index < -0.39 is 0 Å². The maximum absolute atomic E-state index is 4.50. The van der Waals surface area contributed by atoms with Crippen LogP contribution < -0.4 is 5.73 Å². The molecule has 0 bridgehead atoms. The van der Waals surface area contributed by atoms with Gasteiger partial charge in [0.25, 0.3) is 0 Å². The van der Waals surface area contributed by atoms with Crippen molar-refractivity contribution in [1.82, 2.24) is 0 Å². The molecule has 1 atom stereocenters. The molecule has 0 radical (unpaired) electrons. The van der Waals surface area contributed by atoms with Crippen LogP contribution in [0.15, 0.2) is 37.0 Å². The molecule has 1 unspecified atom stereocenters. The molecule has 0 rings (SSSR count). The third-order valence-corrected chi connectivity index (χ3v) is 1.66. The van der Waals surface area contributed by atoms with Gasteiger partial charge in [-0.25, -0.2) is 0 Å². The highest BCUT2D eigenvalue weighted by atomic mass is 14.4. The van der Waals surface area contributed by atoms with E-state index in [9.17, 15) is 0 Å². The van der Waals surface area contributed by atoms with Crippen molar-refractivity contribution in [2.75, 3.05) is 7.05 Å². The maximum Gasteiger partial charge on any atom is 0.000568 e. The van der Waals surface area contributed by atoms with Gasteiger partial charge in [-0.1, -0.05) is 37.3 Å². The lowest BCUT2D eigenvalue weighted by molar-refractivity contribution is 0.776. The molecular weight excluding hydrogens is 158 g/mol. The van der Waals surface area contributed by atoms with Crippen LogP contribution in [-0.2, 0) is 0 Å². The minimum atomic E-state index is 0.493. The molecule has 0 aliphatic heterocycles. The summed E-state index contributed by atoms with van der Waals surface area (Å²) in [5, 5.41) is 0. The van der Waals surface area contributed by atoms with Crippen LogP contribution in [0.1, 0.15) is 26.7 Å². The first-order chi connectivity index (χ1) is 6.22. The molecule has 0 saturated heterocycles. The second kappa shape index (κ2) is 11.2. The fourth-order valence-electron chi connectivity index (χ4n) is 0.924. The molecule has 0 aliphatic carbocycles. The first-order valence-corrected chi connectivity index (χ1v) is 4.73. The van der Waals surface area contributed by atoms with Gasteiger partial charge in [0.05, 0.1) is 0 Å². The topological polar surface area (TPSA) is 26.0 Å². The SMILES string of the molecule is C=CCC(/C=C/CC)C(=C)C.CN. The zero-order chi connectivity index (χ0) is 10.7. The summed E-state index contributed by atoms with van der Waals surface area (Å²) in [5.74, 6) is 0.493. The Balaban J connectivity index is 0. The van der Waals surface area contributed by atoms with Gasteiger partial charge in [0.15, 0.2) is 0 Å². The van der Waals surface area contributed by atoms with E-state index in [4.69, 9.17) is 0 Å². The molecule has 0 aliphatic rings. The van der Waals surface area contributed by atoms with Crippen molar-refractivity contribution >= 4 is 0 Å². The summed E-state index contributed by atoms with van der Waals surface area (Å²) < 4.78 is 0. The Hall–Kier alpha value is -0.820. The van der Waals surface area contributed by atoms with Gasteiger partial charge in [0, 0.05) is 5.92 Å². The molecule has 0 amide bonds. The fourth-order valence-corrected chi connectivity index (χ4v) is 0.924. The van der Waals surface area contributed by atoms with Gasteiger partial charge in [-0.3, -0.25) is 0 Å². The van der Waals surface area contributed by atoms with Crippen LogP contribution >= 0.6 is 0 Å². The lowest BCUT2D eigenvalue weighted by atomic mass is 9.97. The Labute approximate surface area is 83.0 Å². The third-order valence-electron chi connectivity index (χ3n) is 1.66. The molecule has 0 heterocycles. The summed E-state index contributed by atoms with van der Waals surface area (Å²) >= 11 is 0. The van der Waals surface area contributed by atoms with E-state index in [1.54, 1.807) is 0 Å². The Kier molecular flexibility index (Phi) is 12.6. The van der Waals surface area contributed by atoms with E-state index in [1.165, 1.54) is 12.6 Å². The normalized spacial score (nSPS) is 11.7. The quantitative estimate of drug-likeness (QED) is 0.647. The number of allylic oxidation sites excluding steroid dienone is 4. The molecule has 1 heteroatoms. The molecule has 0 fully saturated rings. The predicted molar refractivity (Wildman–Crippen MR) is 62.7 cm³/mol. The van der Waals surface area contributed by atoms with Crippen molar-refractivity contribution in [2.24, 2.45) is 11.7 Å². The number of rotatable bonds is 5. The summed E-state index contributed by atoms with van der Waals surface area (Å²) in [6.45, 7) is 11.8. The first kappa shape index (κ1) is 14.7. The van der Waals surface area contributed by atoms with Crippen LogP contribution in [-0.4, -0.2) is 7.05 Å². The fraction of sp³-hybridized carbons (Fsp3) is 0.500. The second-order valence-corrected chi connectivity index (χ2v) is 2.81. The van der Waals surface area contributed by atoms with Crippen molar-refractivity contribution in [1.29, 1.82) is 0 Å². The minimum Gasteiger partial charge on any atom is -0.333 e. The van der Waals surface area contributed by atoms with E-state index >= 15 is 0 Å². The van der Waals surface area contributed by atoms with Crippen LogP contribution in [0.3, 0.4) is 0 Å². The lowest BCUT2D eigenvalue weighted by Gasteiger charge is -2.08.